The lowest BCUT2D eigenvalue weighted by Gasteiger charge is -2.33. The van der Waals surface area contributed by atoms with E-state index in [1.165, 1.54) is 32.1 Å². The molecular weight excluding hydrogens is 174 g/mol. The van der Waals surface area contributed by atoms with Gasteiger partial charge in [0.15, 0.2) is 0 Å². The zero-order valence-corrected chi connectivity index (χ0v) is 9.84. The molecule has 1 fully saturated rings. The standard InChI is InChI=1S/C12H25NO/c1-4-10-7-5-6-8-11(10)13-9-12(2,3)14/h10-11,13-14H,4-9H2,1-3H3. The van der Waals surface area contributed by atoms with Gasteiger partial charge in [0.2, 0.25) is 0 Å². The summed E-state index contributed by atoms with van der Waals surface area (Å²) >= 11 is 0. The second-order valence-corrected chi connectivity index (χ2v) is 5.25. The van der Waals surface area contributed by atoms with Crippen LogP contribution in [0, 0.1) is 5.92 Å². The topological polar surface area (TPSA) is 32.3 Å². The van der Waals surface area contributed by atoms with Crippen LogP contribution in [0.2, 0.25) is 0 Å². The van der Waals surface area contributed by atoms with Crippen molar-refractivity contribution in [3.63, 3.8) is 0 Å². The van der Waals surface area contributed by atoms with Crippen LogP contribution in [0.4, 0.5) is 0 Å². The molecule has 2 heteroatoms. The van der Waals surface area contributed by atoms with Crippen molar-refractivity contribution in [1.29, 1.82) is 0 Å². The lowest BCUT2D eigenvalue weighted by molar-refractivity contribution is 0.0702. The van der Waals surface area contributed by atoms with Crippen molar-refractivity contribution in [3.8, 4) is 0 Å². The van der Waals surface area contributed by atoms with E-state index < -0.39 is 5.60 Å². The minimum Gasteiger partial charge on any atom is -0.389 e. The molecule has 1 aliphatic rings. The summed E-state index contributed by atoms with van der Waals surface area (Å²) in [6, 6.07) is 0.639. The Balaban J connectivity index is 2.33. The van der Waals surface area contributed by atoms with Crippen molar-refractivity contribution in [2.24, 2.45) is 5.92 Å². The summed E-state index contributed by atoms with van der Waals surface area (Å²) in [5, 5.41) is 13.2. The average molecular weight is 199 g/mol. The van der Waals surface area contributed by atoms with Gasteiger partial charge in [0.25, 0.3) is 0 Å². The van der Waals surface area contributed by atoms with Gasteiger partial charge in [-0.2, -0.15) is 0 Å². The Morgan fingerprint density at radius 3 is 2.50 bits per heavy atom. The summed E-state index contributed by atoms with van der Waals surface area (Å²) in [6.07, 6.45) is 6.65. The quantitative estimate of drug-likeness (QED) is 0.728. The maximum Gasteiger partial charge on any atom is 0.0715 e. The lowest BCUT2D eigenvalue weighted by Crippen LogP contribution is -2.45. The largest absolute Gasteiger partial charge is 0.389 e. The Morgan fingerprint density at radius 2 is 1.93 bits per heavy atom. The van der Waals surface area contributed by atoms with E-state index in [2.05, 4.69) is 12.2 Å². The Labute approximate surface area is 88.1 Å². The fraction of sp³-hybridized carbons (Fsp3) is 1.00. The number of aliphatic hydroxyl groups is 1. The van der Waals surface area contributed by atoms with Crippen molar-refractivity contribution < 1.29 is 5.11 Å². The first-order valence-electron chi connectivity index (χ1n) is 5.98. The average Bonchev–Trinajstić information content (AvgIpc) is 2.14. The van der Waals surface area contributed by atoms with Gasteiger partial charge in [-0.3, -0.25) is 0 Å². The second kappa shape index (κ2) is 5.13. The highest BCUT2D eigenvalue weighted by Crippen LogP contribution is 2.26. The molecular formula is C12H25NO. The number of hydrogen-bond acceptors (Lipinski definition) is 2. The van der Waals surface area contributed by atoms with E-state index in [-0.39, 0.29) is 0 Å². The summed E-state index contributed by atoms with van der Waals surface area (Å²) < 4.78 is 0. The summed E-state index contributed by atoms with van der Waals surface area (Å²) in [5.74, 6) is 0.825. The Kier molecular flexibility index (Phi) is 4.39. The lowest BCUT2D eigenvalue weighted by atomic mass is 9.82. The van der Waals surface area contributed by atoms with Crippen LogP contribution in [-0.4, -0.2) is 23.3 Å². The molecule has 0 heterocycles. The van der Waals surface area contributed by atoms with Crippen molar-refractivity contribution in [1.82, 2.24) is 5.32 Å². The molecule has 1 aliphatic carbocycles. The minimum atomic E-state index is -0.574. The van der Waals surface area contributed by atoms with Gasteiger partial charge in [-0.25, -0.2) is 0 Å². The van der Waals surface area contributed by atoms with E-state index in [1.807, 2.05) is 13.8 Å². The molecule has 2 nitrogen and oxygen atoms in total. The fourth-order valence-electron chi connectivity index (χ4n) is 2.35. The molecule has 0 saturated heterocycles. The third-order valence-electron chi connectivity index (χ3n) is 3.23. The highest BCUT2D eigenvalue weighted by atomic mass is 16.3. The maximum absolute atomic E-state index is 9.64. The monoisotopic (exact) mass is 199 g/mol. The molecule has 0 spiro atoms. The number of nitrogens with one attached hydrogen (secondary N) is 1. The van der Waals surface area contributed by atoms with E-state index in [1.54, 1.807) is 0 Å². The van der Waals surface area contributed by atoms with Gasteiger partial charge >= 0.3 is 0 Å². The predicted molar refractivity (Wildman–Crippen MR) is 60.3 cm³/mol. The third kappa shape index (κ3) is 3.97. The van der Waals surface area contributed by atoms with Crippen molar-refractivity contribution >= 4 is 0 Å². The molecule has 2 N–H and O–H groups in total. The molecule has 0 bridgehead atoms. The summed E-state index contributed by atoms with van der Waals surface area (Å²) in [6.45, 7) is 6.72. The molecule has 0 aromatic heterocycles. The molecule has 0 aliphatic heterocycles. The van der Waals surface area contributed by atoms with Crippen molar-refractivity contribution in [3.05, 3.63) is 0 Å². The zero-order valence-electron chi connectivity index (χ0n) is 9.84. The highest BCUT2D eigenvalue weighted by molar-refractivity contribution is 4.82. The van der Waals surface area contributed by atoms with Crippen LogP contribution >= 0.6 is 0 Å². The van der Waals surface area contributed by atoms with Crippen LogP contribution in [0.15, 0.2) is 0 Å². The molecule has 0 amide bonds. The van der Waals surface area contributed by atoms with Gasteiger partial charge in [0.1, 0.15) is 0 Å². The van der Waals surface area contributed by atoms with Gasteiger partial charge in [0.05, 0.1) is 5.60 Å². The first-order chi connectivity index (χ1) is 6.53. The molecule has 84 valence electrons. The Bertz CT molecular complexity index is 162. The van der Waals surface area contributed by atoms with E-state index in [0.29, 0.717) is 12.6 Å². The fourth-order valence-corrected chi connectivity index (χ4v) is 2.35. The van der Waals surface area contributed by atoms with Gasteiger partial charge < -0.3 is 10.4 Å². The van der Waals surface area contributed by atoms with Gasteiger partial charge in [-0.1, -0.05) is 26.2 Å². The SMILES string of the molecule is CCC1CCCCC1NCC(C)(C)O. The molecule has 1 rings (SSSR count). The summed E-state index contributed by atoms with van der Waals surface area (Å²) in [4.78, 5) is 0. The second-order valence-electron chi connectivity index (χ2n) is 5.25. The van der Waals surface area contributed by atoms with Gasteiger partial charge in [-0.05, 0) is 32.6 Å². The first kappa shape index (κ1) is 12.0. The number of hydrogen-bond donors (Lipinski definition) is 2. The van der Waals surface area contributed by atoms with E-state index in [0.717, 1.165) is 5.92 Å². The molecule has 0 aromatic rings. The van der Waals surface area contributed by atoms with Crippen molar-refractivity contribution in [2.45, 2.75) is 64.5 Å². The molecule has 14 heavy (non-hydrogen) atoms. The van der Waals surface area contributed by atoms with Crippen LogP contribution in [-0.2, 0) is 0 Å². The van der Waals surface area contributed by atoms with Crippen LogP contribution in [0.3, 0.4) is 0 Å². The minimum absolute atomic E-state index is 0.574. The molecule has 1 saturated carbocycles. The van der Waals surface area contributed by atoms with Crippen LogP contribution in [0.25, 0.3) is 0 Å². The highest BCUT2D eigenvalue weighted by Gasteiger charge is 2.24. The van der Waals surface area contributed by atoms with Crippen LogP contribution in [0.1, 0.15) is 52.9 Å². The predicted octanol–water partition coefficient (Wildman–Crippen LogP) is 2.32. The smallest absolute Gasteiger partial charge is 0.0715 e. The van der Waals surface area contributed by atoms with Crippen molar-refractivity contribution in [2.75, 3.05) is 6.54 Å². The third-order valence-corrected chi connectivity index (χ3v) is 3.23. The first-order valence-corrected chi connectivity index (χ1v) is 5.98. The molecule has 0 aromatic carbocycles. The zero-order chi connectivity index (χ0) is 10.6. The molecule has 2 atom stereocenters. The van der Waals surface area contributed by atoms with Crippen LogP contribution in [0.5, 0.6) is 0 Å². The molecule has 2 unspecified atom stereocenters. The normalized spacial score (nSPS) is 29.1. The maximum atomic E-state index is 9.64. The Hall–Kier alpha value is -0.0800. The number of rotatable bonds is 4. The van der Waals surface area contributed by atoms with E-state index >= 15 is 0 Å². The summed E-state index contributed by atoms with van der Waals surface area (Å²) in [7, 11) is 0. The molecule has 0 radical (unpaired) electrons. The van der Waals surface area contributed by atoms with E-state index in [4.69, 9.17) is 0 Å². The van der Waals surface area contributed by atoms with Gasteiger partial charge in [0, 0.05) is 12.6 Å². The van der Waals surface area contributed by atoms with Crippen LogP contribution < -0.4 is 5.32 Å². The van der Waals surface area contributed by atoms with Gasteiger partial charge in [-0.15, -0.1) is 0 Å². The summed E-state index contributed by atoms with van der Waals surface area (Å²) in [5.41, 5.74) is -0.574. The van der Waals surface area contributed by atoms with E-state index in [9.17, 15) is 5.11 Å². The Morgan fingerprint density at radius 1 is 1.29 bits per heavy atom.